The fraction of sp³-hybridized carbons (Fsp3) is 0.400. The van der Waals surface area contributed by atoms with Gasteiger partial charge in [-0.05, 0) is 37.3 Å². The summed E-state index contributed by atoms with van der Waals surface area (Å²) in [4.78, 5) is 14.9. The monoisotopic (exact) mass is 293 g/mol. The molecule has 1 saturated carbocycles. The SMILES string of the molecule is Cl.NC1(C(=O)NCCCc2c[nH]c3ccccc23)CC1. The lowest BCUT2D eigenvalue weighted by Crippen LogP contribution is -2.43. The first-order valence-corrected chi connectivity index (χ1v) is 6.81. The molecule has 1 aromatic carbocycles. The molecule has 4 nitrogen and oxygen atoms in total. The Morgan fingerprint density at radius 1 is 1.35 bits per heavy atom. The van der Waals surface area contributed by atoms with Crippen molar-refractivity contribution in [2.75, 3.05) is 6.54 Å². The van der Waals surface area contributed by atoms with Crippen molar-refractivity contribution in [1.29, 1.82) is 0 Å². The van der Waals surface area contributed by atoms with Crippen LogP contribution in [-0.2, 0) is 11.2 Å². The highest BCUT2D eigenvalue weighted by atomic mass is 35.5. The number of rotatable bonds is 5. The highest BCUT2D eigenvalue weighted by molar-refractivity contribution is 5.89. The molecular formula is C15H20ClN3O. The zero-order valence-electron chi connectivity index (χ0n) is 11.3. The average Bonchev–Trinajstić information content (AvgIpc) is 3.05. The molecule has 0 aliphatic heterocycles. The standard InChI is InChI=1S/C15H19N3O.ClH/c16-15(7-8-15)14(19)17-9-3-4-11-10-18-13-6-2-1-5-12(11)13;/h1-2,5-6,10,18H,3-4,7-9,16H2,(H,17,19);1H. The Kier molecular flexibility index (Phi) is 4.35. The quantitative estimate of drug-likeness (QED) is 0.739. The number of aromatic nitrogens is 1. The molecule has 0 atom stereocenters. The summed E-state index contributed by atoms with van der Waals surface area (Å²) in [5, 5.41) is 4.19. The lowest BCUT2D eigenvalue weighted by atomic mass is 10.1. The molecule has 1 aliphatic carbocycles. The Morgan fingerprint density at radius 3 is 2.85 bits per heavy atom. The maximum absolute atomic E-state index is 11.7. The molecule has 1 aromatic heterocycles. The van der Waals surface area contributed by atoms with Gasteiger partial charge in [0, 0.05) is 23.6 Å². The average molecular weight is 294 g/mol. The highest BCUT2D eigenvalue weighted by Crippen LogP contribution is 2.32. The summed E-state index contributed by atoms with van der Waals surface area (Å²) in [7, 11) is 0. The van der Waals surface area contributed by atoms with E-state index in [9.17, 15) is 4.79 Å². The smallest absolute Gasteiger partial charge is 0.240 e. The van der Waals surface area contributed by atoms with Crippen LogP contribution in [0, 0.1) is 0 Å². The molecule has 1 amide bonds. The number of H-pyrrole nitrogens is 1. The minimum atomic E-state index is -0.555. The summed E-state index contributed by atoms with van der Waals surface area (Å²) in [6.45, 7) is 0.692. The molecule has 0 radical (unpaired) electrons. The van der Waals surface area contributed by atoms with Gasteiger partial charge in [-0.15, -0.1) is 12.4 Å². The first-order chi connectivity index (χ1) is 9.19. The van der Waals surface area contributed by atoms with Crippen molar-refractivity contribution in [2.24, 2.45) is 5.73 Å². The fourth-order valence-electron chi connectivity index (χ4n) is 2.36. The predicted octanol–water partition coefficient (Wildman–Crippen LogP) is 2.13. The zero-order valence-corrected chi connectivity index (χ0v) is 12.1. The number of amides is 1. The van der Waals surface area contributed by atoms with Crippen molar-refractivity contribution in [2.45, 2.75) is 31.2 Å². The van der Waals surface area contributed by atoms with E-state index in [1.165, 1.54) is 16.5 Å². The van der Waals surface area contributed by atoms with Crippen molar-refractivity contribution in [3.63, 3.8) is 0 Å². The van der Waals surface area contributed by atoms with E-state index in [2.05, 4.69) is 28.6 Å². The summed E-state index contributed by atoms with van der Waals surface area (Å²) in [6, 6.07) is 8.27. The molecule has 1 aliphatic rings. The van der Waals surface area contributed by atoms with Crippen LogP contribution >= 0.6 is 12.4 Å². The van der Waals surface area contributed by atoms with E-state index >= 15 is 0 Å². The molecule has 0 spiro atoms. The van der Waals surface area contributed by atoms with Crippen molar-refractivity contribution < 1.29 is 4.79 Å². The first-order valence-electron chi connectivity index (χ1n) is 6.81. The van der Waals surface area contributed by atoms with E-state index in [1.54, 1.807) is 0 Å². The van der Waals surface area contributed by atoms with E-state index in [4.69, 9.17) is 5.73 Å². The number of benzene rings is 1. The molecule has 1 fully saturated rings. The third-order valence-electron chi connectivity index (χ3n) is 3.82. The van der Waals surface area contributed by atoms with Crippen LogP contribution in [0.5, 0.6) is 0 Å². The van der Waals surface area contributed by atoms with Gasteiger partial charge in [0.15, 0.2) is 0 Å². The third-order valence-corrected chi connectivity index (χ3v) is 3.82. The molecule has 0 unspecified atom stereocenters. The van der Waals surface area contributed by atoms with Crippen LogP contribution in [0.3, 0.4) is 0 Å². The van der Waals surface area contributed by atoms with Crippen LogP contribution in [0.1, 0.15) is 24.8 Å². The van der Waals surface area contributed by atoms with Gasteiger partial charge >= 0.3 is 0 Å². The van der Waals surface area contributed by atoms with Gasteiger partial charge in [0.2, 0.25) is 5.91 Å². The number of aromatic amines is 1. The Morgan fingerprint density at radius 2 is 2.10 bits per heavy atom. The van der Waals surface area contributed by atoms with E-state index in [0.29, 0.717) is 6.54 Å². The number of aryl methyl sites for hydroxylation is 1. The minimum Gasteiger partial charge on any atom is -0.361 e. The van der Waals surface area contributed by atoms with Gasteiger partial charge in [-0.25, -0.2) is 0 Å². The van der Waals surface area contributed by atoms with Gasteiger partial charge in [-0.2, -0.15) is 0 Å². The van der Waals surface area contributed by atoms with E-state index in [0.717, 1.165) is 25.7 Å². The number of carbonyl (C=O) groups excluding carboxylic acids is 1. The summed E-state index contributed by atoms with van der Waals surface area (Å²) >= 11 is 0. The molecule has 2 aromatic rings. The maximum Gasteiger partial charge on any atom is 0.240 e. The molecular weight excluding hydrogens is 274 g/mol. The van der Waals surface area contributed by atoms with Crippen LogP contribution in [0.2, 0.25) is 0 Å². The molecule has 0 saturated heterocycles. The molecule has 0 bridgehead atoms. The molecule has 3 rings (SSSR count). The van der Waals surface area contributed by atoms with Crippen molar-refractivity contribution in [1.82, 2.24) is 10.3 Å². The number of carbonyl (C=O) groups is 1. The summed E-state index contributed by atoms with van der Waals surface area (Å²) < 4.78 is 0. The van der Waals surface area contributed by atoms with E-state index < -0.39 is 5.54 Å². The summed E-state index contributed by atoms with van der Waals surface area (Å²) in [5.74, 6) is 0.00595. The number of hydrogen-bond donors (Lipinski definition) is 3. The van der Waals surface area contributed by atoms with Crippen LogP contribution in [-0.4, -0.2) is 23.0 Å². The number of hydrogen-bond acceptors (Lipinski definition) is 2. The molecule has 1 heterocycles. The fourth-order valence-corrected chi connectivity index (χ4v) is 2.36. The zero-order chi connectivity index (χ0) is 13.3. The Balaban J connectivity index is 0.00000147. The second-order valence-electron chi connectivity index (χ2n) is 5.38. The largest absolute Gasteiger partial charge is 0.361 e. The predicted molar refractivity (Wildman–Crippen MR) is 83.0 cm³/mol. The van der Waals surface area contributed by atoms with Crippen LogP contribution in [0.4, 0.5) is 0 Å². The lowest BCUT2D eigenvalue weighted by molar-refractivity contribution is -0.123. The van der Waals surface area contributed by atoms with Gasteiger partial charge in [-0.1, -0.05) is 18.2 Å². The van der Waals surface area contributed by atoms with Gasteiger partial charge < -0.3 is 16.0 Å². The Labute approximate surface area is 124 Å². The highest BCUT2D eigenvalue weighted by Gasteiger charge is 2.45. The summed E-state index contributed by atoms with van der Waals surface area (Å²) in [5.41, 5.74) is 7.74. The Bertz CT molecular complexity index is 604. The number of nitrogens with two attached hydrogens (primary N) is 1. The number of halogens is 1. The van der Waals surface area contributed by atoms with E-state index in [1.807, 2.05) is 12.1 Å². The number of para-hydroxylation sites is 1. The van der Waals surface area contributed by atoms with Gasteiger partial charge in [0.1, 0.15) is 0 Å². The normalized spacial score (nSPS) is 15.7. The lowest BCUT2D eigenvalue weighted by Gasteiger charge is -2.09. The third kappa shape index (κ3) is 2.97. The molecule has 4 N–H and O–H groups in total. The second-order valence-corrected chi connectivity index (χ2v) is 5.38. The van der Waals surface area contributed by atoms with Crippen LogP contribution in [0.15, 0.2) is 30.5 Å². The van der Waals surface area contributed by atoms with Crippen molar-refractivity contribution in [3.05, 3.63) is 36.0 Å². The van der Waals surface area contributed by atoms with Crippen molar-refractivity contribution in [3.8, 4) is 0 Å². The first kappa shape index (κ1) is 14.9. The van der Waals surface area contributed by atoms with Crippen molar-refractivity contribution >= 4 is 29.2 Å². The maximum atomic E-state index is 11.7. The van der Waals surface area contributed by atoms with Gasteiger partial charge in [0.05, 0.1) is 5.54 Å². The van der Waals surface area contributed by atoms with Crippen LogP contribution < -0.4 is 11.1 Å². The number of nitrogens with one attached hydrogen (secondary N) is 2. The minimum absolute atomic E-state index is 0. The molecule has 5 heteroatoms. The van der Waals surface area contributed by atoms with E-state index in [-0.39, 0.29) is 18.3 Å². The number of fused-ring (bicyclic) bond motifs is 1. The van der Waals surface area contributed by atoms with Crippen LogP contribution in [0.25, 0.3) is 10.9 Å². The second kappa shape index (κ2) is 5.85. The molecule has 108 valence electrons. The molecule has 20 heavy (non-hydrogen) atoms. The van der Waals surface area contributed by atoms with Gasteiger partial charge in [-0.3, -0.25) is 4.79 Å². The van der Waals surface area contributed by atoms with Gasteiger partial charge in [0.25, 0.3) is 0 Å². The summed E-state index contributed by atoms with van der Waals surface area (Å²) in [6.07, 6.45) is 5.59. The Hall–Kier alpha value is -1.52. The topological polar surface area (TPSA) is 70.9 Å².